The van der Waals surface area contributed by atoms with Crippen molar-refractivity contribution >= 4 is 0 Å². The van der Waals surface area contributed by atoms with Crippen molar-refractivity contribution in [1.82, 2.24) is 9.97 Å². The van der Waals surface area contributed by atoms with Crippen molar-refractivity contribution in [1.29, 1.82) is 0 Å². The Labute approximate surface area is 88.4 Å². The van der Waals surface area contributed by atoms with Crippen LogP contribution >= 0.6 is 0 Å². The zero-order valence-corrected chi connectivity index (χ0v) is 8.84. The Balaban J connectivity index is 1.80. The van der Waals surface area contributed by atoms with E-state index in [0.29, 0.717) is 19.1 Å². The molecule has 0 N–H and O–H groups in total. The van der Waals surface area contributed by atoms with E-state index in [1.165, 1.54) is 0 Å². The molecule has 0 bridgehead atoms. The van der Waals surface area contributed by atoms with Crippen molar-refractivity contribution in [3.63, 3.8) is 0 Å². The Hall–Kier alpha value is -1.20. The summed E-state index contributed by atoms with van der Waals surface area (Å²) in [7, 11) is 0. The molecule has 1 aromatic heterocycles. The van der Waals surface area contributed by atoms with Crippen molar-refractivity contribution in [2.75, 3.05) is 13.2 Å². The molecule has 1 saturated heterocycles. The third-order valence-electron chi connectivity index (χ3n) is 2.02. The molecule has 5 heteroatoms. The van der Waals surface area contributed by atoms with Crippen molar-refractivity contribution < 1.29 is 14.2 Å². The van der Waals surface area contributed by atoms with Gasteiger partial charge in [0.15, 0.2) is 5.79 Å². The number of ether oxygens (including phenoxy) is 3. The molecule has 0 unspecified atom stereocenters. The zero-order chi connectivity index (χ0) is 10.7. The van der Waals surface area contributed by atoms with E-state index in [2.05, 4.69) is 9.97 Å². The summed E-state index contributed by atoms with van der Waals surface area (Å²) in [6.07, 6.45) is 4.72. The van der Waals surface area contributed by atoms with Crippen molar-refractivity contribution in [3.8, 4) is 5.88 Å². The predicted octanol–water partition coefficient (Wildman–Crippen LogP) is 1.01. The first-order valence-electron chi connectivity index (χ1n) is 4.86. The van der Waals surface area contributed by atoms with E-state index in [4.69, 9.17) is 14.2 Å². The minimum absolute atomic E-state index is 0.0398. The first-order valence-corrected chi connectivity index (χ1v) is 4.86. The fourth-order valence-corrected chi connectivity index (χ4v) is 1.38. The fourth-order valence-electron chi connectivity index (χ4n) is 1.38. The maximum Gasteiger partial charge on any atom is 0.232 e. The zero-order valence-electron chi connectivity index (χ0n) is 8.84. The van der Waals surface area contributed by atoms with Gasteiger partial charge in [0.1, 0.15) is 12.7 Å². The number of hydrogen-bond acceptors (Lipinski definition) is 5. The first kappa shape index (κ1) is 10.3. The van der Waals surface area contributed by atoms with E-state index in [1.54, 1.807) is 18.6 Å². The topological polar surface area (TPSA) is 53.5 Å². The molecule has 1 fully saturated rings. The van der Waals surface area contributed by atoms with Gasteiger partial charge in [-0.2, -0.15) is 0 Å². The average Bonchev–Trinajstić information content (AvgIpc) is 2.57. The van der Waals surface area contributed by atoms with Gasteiger partial charge < -0.3 is 14.2 Å². The fraction of sp³-hybridized carbons (Fsp3) is 0.600. The normalized spacial score (nSPS) is 24.0. The minimum atomic E-state index is -0.504. The summed E-state index contributed by atoms with van der Waals surface area (Å²) in [6, 6.07) is 0. The van der Waals surface area contributed by atoms with Gasteiger partial charge in [-0.3, -0.25) is 4.98 Å². The Morgan fingerprint density at radius 2 is 2.40 bits per heavy atom. The number of hydrogen-bond donors (Lipinski definition) is 0. The van der Waals surface area contributed by atoms with Gasteiger partial charge in [-0.25, -0.2) is 4.98 Å². The number of rotatable bonds is 3. The quantitative estimate of drug-likeness (QED) is 0.745. The predicted molar refractivity (Wildman–Crippen MR) is 52.4 cm³/mol. The lowest BCUT2D eigenvalue weighted by atomic mass is 10.4. The summed E-state index contributed by atoms with van der Waals surface area (Å²) in [5.41, 5.74) is 0. The summed E-state index contributed by atoms with van der Waals surface area (Å²) < 4.78 is 16.4. The maximum atomic E-state index is 5.58. The molecule has 1 aromatic rings. The van der Waals surface area contributed by atoms with Gasteiger partial charge in [0, 0.05) is 12.4 Å². The molecule has 1 aliphatic rings. The Bertz CT molecular complexity index is 316. The van der Waals surface area contributed by atoms with Crippen LogP contribution in [0.5, 0.6) is 5.88 Å². The van der Waals surface area contributed by atoms with E-state index >= 15 is 0 Å². The third-order valence-corrected chi connectivity index (χ3v) is 2.02. The molecule has 1 aliphatic heterocycles. The molecule has 82 valence electrons. The summed E-state index contributed by atoms with van der Waals surface area (Å²) in [4.78, 5) is 7.89. The van der Waals surface area contributed by atoms with Crippen molar-refractivity contribution in [2.24, 2.45) is 0 Å². The highest BCUT2D eigenvalue weighted by atomic mass is 16.7. The standard InChI is InChI=1S/C10H14N2O3/c1-10(2)14-7-8(15-10)6-13-9-5-11-3-4-12-9/h3-5,8H,6-7H2,1-2H3/t8-/m1/s1. The van der Waals surface area contributed by atoms with Crippen molar-refractivity contribution in [3.05, 3.63) is 18.6 Å². The van der Waals surface area contributed by atoms with Gasteiger partial charge in [-0.15, -0.1) is 0 Å². The summed E-state index contributed by atoms with van der Waals surface area (Å²) in [5, 5.41) is 0. The lowest BCUT2D eigenvalue weighted by Gasteiger charge is -2.16. The van der Waals surface area contributed by atoms with E-state index < -0.39 is 5.79 Å². The minimum Gasteiger partial charge on any atom is -0.474 e. The molecule has 0 radical (unpaired) electrons. The summed E-state index contributed by atoms with van der Waals surface area (Å²) in [5.74, 6) is 0.00180. The molecule has 0 aromatic carbocycles. The van der Waals surface area contributed by atoms with Crippen molar-refractivity contribution in [2.45, 2.75) is 25.7 Å². The van der Waals surface area contributed by atoms with Crippen LogP contribution in [-0.4, -0.2) is 35.1 Å². The second-order valence-corrected chi connectivity index (χ2v) is 3.81. The van der Waals surface area contributed by atoms with E-state index in [1.807, 2.05) is 13.8 Å². The molecule has 2 heterocycles. The smallest absolute Gasteiger partial charge is 0.232 e. The van der Waals surface area contributed by atoms with Crippen LogP contribution in [-0.2, 0) is 9.47 Å². The largest absolute Gasteiger partial charge is 0.474 e. The van der Waals surface area contributed by atoms with Crippen LogP contribution in [0.1, 0.15) is 13.8 Å². The third kappa shape index (κ3) is 2.87. The number of nitrogens with zero attached hydrogens (tertiary/aromatic N) is 2. The van der Waals surface area contributed by atoms with Crippen LogP contribution in [0.4, 0.5) is 0 Å². The van der Waals surface area contributed by atoms with Crippen LogP contribution in [0.15, 0.2) is 18.6 Å². The van der Waals surface area contributed by atoms with Crippen LogP contribution < -0.4 is 4.74 Å². The maximum absolute atomic E-state index is 5.58. The van der Waals surface area contributed by atoms with E-state index in [0.717, 1.165) is 0 Å². The van der Waals surface area contributed by atoms with Crippen LogP contribution in [0, 0.1) is 0 Å². The molecular formula is C10H14N2O3. The first-order chi connectivity index (χ1) is 7.16. The molecule has 2 rings (SSSR count). The van der Waals surface area contributed by atoms with Gasteiger partial charge in [0.05, 0.1) is 12.8 Å². The van der Waals surface area contributed by atoms with Crippen LogP contribution in [0.2, 0.25) is 0 Å². The Morgan fingerprint density at radius 3 is 3.00 bits per heavy atom. The average molecular weight is 210 g/mol. The molecular weight excluding hydrogens is 196 g/mol. The molecule has 0 aliphatic carbocycles. The van der Waals surface area contributed by atoms with Gasteiger partial charge >= 0.3 is 0 Å². The highest BCUT2D eigenvalue weighted by Crippen LogP contribution is 2.22. The summed E-state index contributed by atoms with van der Waals surface area (Å²) in [6.45, 7) is 4.75. The molecule has 5 nitrogen and oxygen atoms in total. The lowest BCUT2D eigenvalue weighted by molar-refractivity contribution is -0.141. The molecule has 0 saturated carbocycles. The molecule has 15 heavy (non-hydrogen) atoms. The highest BCUT2D eigenvalue weighted by molar-refractivity contribution is 5.01. The Morgan fingerprint density at radius 1 is 1.53 bits per heavy atom. The Kier molecular flexibility index (Phi) is 2.83. The van der Waals surface area contributed by atoms with Gasteiger partial charge in [0.2, 0.25) is 5.88 Å². The van der Waals surface area contributed by atoms with E-state index in [-0.39, 0.29) is 6.10 Å². The summed E-state index contributed by atoms with van der Waals surface area (Å²) >= 11 is 0. The van der Waals surface area contributed by atoms with E-state index in [9.17, 15) is 0 Å². The molecule has 1 atom stereocenters. The van der Waals surface area contributed by atoms with Crippen LogP contribution in [0.25, 0.3) is 0 Å². The second kappa shape index (κ2) is 4.12. The highest BCUT2D eigenvalue weighted by Gasteiger charge is 2.32. The van der Waals surface area contributed by atoms with Gasteiger partial charge in [-0.05, 0) is 13.8 Å². The second-order valence-electron chi connectivity index (χ2n) is 3.81. The SMILES string of the molecule is CC1(C)OC[C@@H](COc2cnccn2)O1. The number of aromatic nitrogens is 2. The lowest BCUT2D eigenvalue weighted by Crippen LogP contribution is -2.25. The monoisotopic (exact) mass is 210 g/mol. The van der Waals surface area contributed by atoms with Gasteiger partial charge in [0.25, 0.3) is 0 Å². The molecule has 0 spiro atoms. The molecule has 0 amide bonds. The van der Waals surface area contributed by atoms with Gasteiger partial charge in [-0.1, -0.05) is 0 Å². The van der Waals surface area contributed by atoms with Crippen LogP contribution in [0.3, 0.4) is 0 Å².